The van der Waals surface area contributed by atoms with Crippen molar-refractivity contribution in [2.75, 3.05) is 11.2 Å². The third-order valence-electron chi connectivity index (χ3n) is 4.65. The number of nitrogen functional groups attached to an aromatic ring is 1. The van der Waals surface area contributed by atoms with Crippen LogP contribution >= 0.6 is 11.8 Å². The van der Waals surface area contributed by atoms with Crippen molar-refractivity contribution in [1.29, 1.82) is 0 Å². The van der Waals surface area contributed by atoms with E-state index < -0.39 is 0 Å². The number of thioether (sulfide) groups is 1. The molecule has 1 amide bonds. The van der Waals surface area contributed by atoms with Crippen LogP contribution in [0.1, 0.15) is 37.1 Å². The Balaban J connectivity index is 1.29. The largest absolute Gasteiger partial charge is 0.489 e. The van der Waals surface area contributed by atoms with Crippen LogP contribution in [-0.4, -0.2) is 26.0 Å². The van der Waals surface area contributed by atoms with Gasteiger partial charge in [-0.3, -0.25) is 4.79 Å². The zero-order valence-corrected chi connectivity index (χ0v) is 16.9. The molecule has 2 aromatic carbocycles. The summed E-state index contributed by atoms with van der Waals surface area (Å²) >= 11 is 1.30. The first-order valence-electron chi connectivity index (χ1n) is 9.55. The molecule has 0 radical (unpaired) electrons. The zero-order chi connectivity index (χ0) is 20.2. The van der Waals surface area contributed by atoms with Crippen LogP contribution in [0.2, 0.25) is 0 Å². The highest BCUT2D eigenvalue weighted by Gasteiger charge is 2.30. The summed E-state index contributed by atoms with van der Waals surface area (Å²) in [5.74, 6) is 7.89. The lowest BCUT2D eigenvalue weighted by molar-refractivity contribution is -0.115. The summed E-state index contributed by atoms with van der Waals surface area (Å²) in [6, 6.07) is 17.3. The van der Waals surface area contributed by atoms with Gasteiger partial charge in [-0.05, 0) is 49.6 Å². The van der Waals surface area contributed by atoms with Crippen molar-refractivity contribution in [3.05, 3.63) is 66.0 Å². The van der Waals surface area contributed by atoms with Crippen molar-refractivity contribution in [2.24, 2.45) is 0 Å². The predicted molar refractivity (Wildman–Crippen MR) is 113 cm³/mol. The predicted octanol–water partition coefficient (Wildman–Crippen LogP) is 3.57. The minimum Gasteiger partial charge on any atom is -0.489 e. The number of hydrogen-bond acceptors (Lipinski definition) is 6. The number of carbonyl (C=O) groups excluding carboxylic acids is 1. The van der Waals surface area contributed by atoms with Crippen LogP contribution in [0.3, 0.4) is 0 Å². The highest BCUT2D eigenvalue weighted by Crippen LogP contribution is 2.39. The van der Waals surface area contributed by atoms with Crippen LogP contribution in [0.15, 0.2) is 59.8 Å². The maximum absolute atomic E-state index is 12.5. The molecule has 4 rings (SSSR count). The highest BCUT2D eigenvalue weighted by molar-refractivity contribution is 8.00. The highest BCUT2D eigenvalue weighted by atomic mass is 32.2. The van der Waals surface area contributed by atoms with Crippen LogP contribution in [-0.2, 0) is 11.4 Å². The first kappa shape index (κ1) is 19.3. The fraction of sp³-hybridized carbons (Fsp3) is 0.286. The quantitative estimate of drug-likeness (QED) is 0.436. The van der Waals surface area contributed by atoms with Gasteiger partial charge in [0.05, 0.1) is 5.25 Å². The summed E-state index contributed by atoms with van der Waals surface area (Å²) in [5, 5.41) is 11.4. The lowest BCUT2D eigenvalue weighted by atomic mass is 10.2. The Bertz CT molecular complexity index is 970. The normalized spacial score (nSPS) is 14.4. The number of nitrogens with zero attached hydrogens (tertiary/aromatic N) is 3. The number of nitrogens with two attached hydrogens (primary N) is 1. The minimum atomic E-state index is -0.359. The fourth-order valence-corrected chi connectivity index (χ4v) is 3.60. The minimum absolute atomic E-state index is 0.121. The first-order valence-corrected chi connectivity index (χ1v) is 10.4. The molecular weight excluding hydrogens is 386 g/mol. The van der Waals surface area contributed by atoms with Crippen molar-refractivity contribution in [3.63, 3.8) is 0 Å². The second kappa shape index (κ2) is 8.57. The van der Waals surface area contributed by atoms with Crippen molar-refractivity contribution in [3.8, 4) is 5.75 Å². The number of carbonyl (C=O) groups is 1. The van der Waals surface area contributed by atoms with Gasteiger partial charge in [-0.15, -0.1) is 10.2 Å². The lowest BCUT2D eigenvalue weighted by Crippen LogP contribution is -2.23. The summed E-state index contributed by atoms with van der Waals surface area (Å²) in [6.45, 7) is 2.33. The number of ether oxygens (including phenoxy) is 1. The van der Waals surface area contributed by atoms with Crippen LogP contribution in [0.5, 0.6) is 5.75 Å². The second-order valence-corrected chi connectivity index (χ2v) is 8.34. The van der Waals surface area contributed by atoms with Gasteiger partial charge in [-0.2, -0.15) is 0 Å². The number of hydrogen-bond donors (Lipinski definition) is 2. The number of anilines is 1. The molecule has 0 saturated heterocycles. The molecule has 8 heteroatoms. The van der Waals surface area contributed by atoms with E-state index in [1.165, 1.54) is 16.4 Å². The molecule has 1 atom stereocenters. The average molecular weight is 410 g/mol. The number of rotatable bonds is 8. The van der Waals surface area contributed by atoms with Gasteiger partial charge in [0.1, 0.15) is 12.4 Å². The standard InChI is InChI=1S/C21H23N5O2S/c1-14(29-21-25-24-19(26(21)22)16-7-8-16)20(27)23-17-9-11-18(12-10-17)28-13-15-5-3-2-4-6-15/h2-6,9-12,14,16H,7-8,13,22H2,1H3,(H,23,27). The summed E-state index contributed by atoms with van der Waals surface area (Å²) in [5.41, 5.74) is 1.82. The molecular formula is C21H23N5O2S. The Hall–Kier alpha value is -3.00. The topological polar surface area (TPSA) is 95.1 Å². The van der Waals surface area contributed by atoms with Gasteiger partial charge in [0, 0.05) is 11.6 Å². The molecule has 1 aliphatic carbocycles. The molecule has 1 aliphatic rings. The van der Waals surface area contributed by atoms with Gasteiger partial charge in [-0.1, -0.05) is 42.1 Å². The molecule has 7 nitrogen and oxygen atoms in total. The molecule has 3 aromatic rings. The van der Waals surface area contributed by atoms with Crippen LogP contribution in [0.4, 0.5) is 5.69 Å². The molecule has 1 heterocycles. The SMILES string of the molecule is CC(Sc1nnc(C2CC2)n1N)C(=O)Nc1ccc(OCc2ccccc2)cc1. The summed E-state index contributed by atoms with van der Waals surface area (Å²) in [7, 11) is 0. The van der Waals surface area contributed by atoms with E-state index in [0.29, 0.717) is 23.4 Å². The Kier molecular flexibility index (Phi) is 5.71. The van der Waals surface area contributed by atoms with Gasteiger partial charge in [0.25, 0.3) is 0 Å². The van der Waals surface area contributed by atoms with E-state index in [4.69, 9.17) is 10.6 Å². The molecule has 0 spiro atoms. The number of nitrogens with one attached hydrogen (secondary N) is 1. The third-order valence-corrected chi connectivity index (χ3v) is 5.71. The van der Waals surface area contributed by atoms with Gasteiger partial charge < -0.3 is 15.9 Å². The van der Waals surface area contributed by atoms with Gasteiger partial charge >= 0.3 is 0 Å². The monoisotopic (exact) mass is 409 g/mol. The molecule has 29 heavy (non-hydrogen) atoms. The van der Waals surface area contributed by atoms with Crippen molar-refractivity contribution in [1.82, 2.24) is 14.9 Å². The number of aromatic nitrogens is 3. The summed E-state index contributed by atoms with van der Waals surface area (Å²) in [6.07, 6.45) is 2.20. The smallest absolute Gasteiger partial charge is 0.237 e. The Labute approximate surface area is 173 Å². The molecule has 3 N–H and O–H groups in total. The van der Waals surface area contributed by atoms with E-state index in [-0.39, 0.29) is 11.2 Å². The van der Waals surface area contributed by atoms with E-state index in [9.17, 15) is 4.79 Å². The molecule has 1 saturated carbocycles. The lowest BCUT2D eigenvalue weighted by Gasteiger charge is -2.12. The second-order valence-electron chi connectivity index (χ2n) is 7.03. The molecule has 1 unspecified atom stereocenters. The van der Waals surface area contributed by atoms with Crippen LogP contribution in [0.25, 0.3) is 0 Å². The molecule has 1 fully saturated rings. The van der Waals surface area contributed by atoms with Gasteiger partial charge in [-0.25, -0.2) is 4.68 Å². The van der Waals surface area contributed by atoms with Crippen LogP contribution < -0.4 is 15.9 Å². The number of amides is 1. The van der Waals surface area contributed by atoms with Crippen molar-refractivity contribution in [2.45, 2.75) is 42.7 Å². The van der Waals surface area contributed by atoms with Crippen molar-refractivity contribution >= 4 is 23.4 Å². The Morgan fingerprint density at radius 1 is 1.21 bits per heavy atom. The number of benzene rings is 2. The summed E-state index contributed by atoms with van der Waals surface area (Å²) in [4.78, 5) is 12.5. The van der Waals surface area contributed by atoms with E-state index in [1.54, 1.807) is 0 Å². The third kappa shape index (κ3) is 4.89. The Morgan fingerprint density at radius 3 is 2.62 bits per heavy atom. The van der Waals surface area contributed by atoms with Crippen LogP contribution in [0, 0.1) is 0 Å². The zero-order valence-electron chi connectivity index (χ0n) is 16.1. The Morgan fingerprint density at radius 2 is 1.93 bits per heavy atom. The van der Waals surface area contributed by atoms with E-state index >= 15 is 0 Å². The summed E-state index contributed by atoms with van der Waals surface area (Å²) < 4.78 is 7.27. The van der Waals surface area contributed by atoms with E-state index in [1.807, 2.05) is 61.5 Å². The molecule has 0 aliphatic heterocycles. The molecule has 150 valence electrons. The van der Waals surface area contributed by atoms with Gasteiger partial charge in [0.15, 0.2) is 5.82 Å². The average Bonchev–Trinajstić information content (AvgIpc) is 3.52. The molecule has 0 bridgehead atoms. The van der Waals surface area contributed by atoms with Gasteiger partial charge in [0.2, 0.25) is 11.1 Å². The van der Waals surface area contributed by atoms with E-state index in [2.05, 4.69) is 15.5 Å². The fourth-order valence-electron chi connectivity index (χ4n) is 2.82. The maximum Gasteiger partial charge on any atom is 0.237 e. The first-order chi connectivity index (χ1) is 14.1. The van der Waals surface area contributed by atoms with Crippen molar-refractivity contribution < 1.29 is 9.53 Å². The molecule has 1 aromatic heterocycles. The van der Waals surface area contributed by atoms with E-state index in [0.717, 1.165) is 30.0 Å². The maximum atomic E-state index is 12.5.